The van der Waals surface area contributed by atoms with Crippen LogP contribution in [0.1, 0.15) is 24.5 Å². The number of aliphatic imine (C=N–C) groups is 1. The van der Waals surface area contributed by atoms with E-state index in [0.29, 0.717) is 18.0 Å². The van der Waals surface area contributed by atoms with E-state index in [-0.39, 0.29) is 0 Å². The summed E-state index contributed by atoms with van der Waals surface area (Å²) in [6.07, 6.45) is 2.63. The van der Waals surface area contributed by atoms with Crippen LogP contribution in [0.15, 0.2) is 53.5 Å². The highest BCUT2D eigenvalue weighted by molar-refractivity contribution is 5.84. The molecule has 23 heavy (non-hydrogen) atoms. The van der Waals surface area contributed by atoms with Crippen LogP contribution in [-0.4, -0.2) is 18.8 Å². The minimum Gasteiger partial charge on any atom is -0.449 e. The van der Waals surface area contributed by atoms with Crippen molar-refractivity contribution in [2.45, 2.75) is 19.8 Å². The topological polar surface area (TPSA) is 67.8 Å². The van der Waals surface area contributed by atoms with Gasteiger partial charge < -0.3 is 4.74 Å². The first-order chi connectivity index (χ1) is 11.2. The van der Waals surface area contributed by atoms with E-state index in [1.807, 2.05) is 43.3 Å². The quantitative estimate of drug-likeness (QED) is 0.642. The van der Waals surface area contributed by atoms with E-state index in [1.54, 1.807) is 12.1 Å². The van der Waals surface area contributed by atoms with Gasteiger partial charge in [-0.3, -0.25) is 5.32 Å². The molecule has 0 saturated carbocycles. The molecule has 0 aliphatic carbocycles. The van der Waals surface area contributed by atoms with E-state index < -0.39 is 6.09 Å². The molecular formula is C18H18N2O3. The SMILES string of the molecule is CCCOC(=O)Nc1ccc(Cc2ccc(N=C=O)cc2)cc1. The first kappa shape index (κ1) is 16.5. The molecule has 1 N–H and O–H groups in total. The number of carbonyl (C=O) groups excluding carboxylic acids is 2. The Morgan fingerprint density at radius 2 is 1.70 bits per heavy atom. The molecule has 0 saturated heterocycles. The molecule has 0 radical (unpaired) electrons. The Morgan fingerprint density at radius 3 is 2.26 bits per heavy atom. The summed E-state index contributed by atoms with van der Waals surface area (Å²) in [6.45, 7) is 2.36. The number of ether oxygens (including phenoxy) is 1. The monoisotopic (exact) mass is 310 g/mol. The number of amides is 1. The Hall–Kier alpha value is -2.91. The van der Waals surface area contributed by atoms with Gasteiger partial charge in [0, 0.05) is 5.69 Å². The third-order valence-corrected chi connectivity index (χ3v) is 3.16. The fourth-order valence-electron chi connectivity index (χ4n) is 2.03. The summed E-state index contributed by atoms with van der Waals surface area (Å²) in [5, 5.41) is 2.68. The molecule has 0 atom stereocenters. The molecular weight excluding hydrogens is 292 g/mol. The zero-order valence-corrected chi connectivity index (χ0v) is 12.9. The van der Waals surface area contributed by atoms with Crippen molar-refractivity contribution in [2.24, 2.45) is 4.99 Å². The summed E-state index contributed by atoms with van der Waals surface area (Å²) in [5.41, 5.74) is 3.52. The Balaban J connectivity index is 1.94. The molecule has 2 aromatic rings. The lowest BCUT2D eigenvalue weighted by Gasteiger charge is -2.07. The number of carbonyl (C=O) groups is 1. The zero-order chi connectivity index (χ0) is 16.5. The molecule has 0 spiro atoms. The maximum absolute atomic E-state index is 11.5. The molecule has 5 heteroatoms. The van der Waals surface area contributed by atoms with Gasteiger partial charge in [-0.2, -0.15) is 4.99 Å². The van der Waals surface area contributed by atoms with Crippen molar-refractivity contribution in [2.75, 3.05) is 11.9 Å². The van der Waals surface area contributed by atoms with E-state index in [2.05, 4.69) is 10.3 Å². The molecule has 5 nitrogen and oxygen atoms in total. The number of anilines is 1. The number of nitrogens with zero attached hydrogens (tertiary/aromatic N) is 1. The third kappa shape index (κ3) is 5.41. The highest BCUT2D eigenvalue weighted by atomic mass is 16.5. The number of rotatable bonds is 6. The fraction of sp³-hybridized carbons (Fsp3) is 0.222. The minimum atomic E-state index is -0.439. The lowest BCUT2D eigenvalue weighted by Crippen LogP contribution is -2.13. The van der Waals surface area contributed by atoms with Gasteiger partial charge in [0.1, 0.15) is 0 Å². The highest BCUT2D eigenvalue weighted by Crippen LogP contribution is 2.17. The molecule has 118 valence electrons. The van der Waals surface area contributed by atoms with Gasteiger partial charge in [0.25, 0.3) is 0 Å². The van der Waals surface area contributed by atoms with Gasteiger partial charge in [-0.05, 0) is 48.2 Å². The second-order valence-electron chi connectivity index (χ2n) is 5.00. The second-order valence-corrected chi connectivity index (χ2v) is 5.00. The Morgan fingerprint density at radius 1 is 1.09 bits per heavy atom. The van der Waals surface area contributed by atoms with Crippen LogP contribution in [0.5, 0.6) is 0 Å². The molecule has 0 aliphatic heterocycles. The van der Waals surface area contributed by atoms with Crippen LogP contribution in [-0.2, 0) is 16.0 Å². The van der Waals surface area contributed by atoms with Crippen molar-refractivity contribution in [3.8, 4) is 0 Å². The normalized spacial score (nSPS) is 9.78. The Bertz CT molecular complexity index is 687. The van der Waals surface area contributed by atoms with Crippen molar-refractivity contribution >= 4 is 23.5 Å². The Kier molecular flexibility index (Phi) is 6.09. The molecule has 0 aliphatic rings. The van der Waals surface area contributed by atoms with Gasteiger partial charge >= 0.3 is 6.09 Å². The van der Waals surface area contributed by atoms with Gasteiger partial charge in [0.05, 0.1) is 12.3 Å². The largest absolute Gasteiger partial charge is 0.449 e. The summed E-state index contributed by atoms with van der Waals surface area (Å²) in [5.74, 6) is 0. The third-order valence-electron chi connectivity index (χ3n) is 3.16. The predicted octanol–water partition coefficient (Wildman–Crippen LogP) is 4.20. The van der Waals surface area contributed by atoms with Crippen LogP contribution in [0.25, 0.3) is 0 Å². The summed E-state index contributed by atoms with van der Waals surface area (Å²) >= 11 is 0. The van der Waals surface area contributed by atoms with Crippen molar-refractivity contribution in [1.29, 1.82) is 0 Å². The van der Waals surface area contributed by atoms with Gasteiger partial charge in [-0.15, -0.1) is 0 Å². The highest BCUT2D eigenvalue weighted by Gasteiger charge is 2.03. The number of benzene rings is 2. The number of hydrogen-bond donors (Lipinski definition) is 1. The molecule has 0 fully saturated rings. The molecule has 2 rings (SSSR count). The van der Waals surface area contributed by atoms with Crippen molar-refractivity contribution in [3.05, 3.63) is 59.7 Å². The second kappa shape index (κ2) is 8.51. The van der Waals surface area contributed by atoms with Crippen LogP contribution < -0.4 is 5.32 Å². The van der Waals surface area contributed by atoms with E-state index in [4.69, 9.17) is 4.74 Å². The minimum absolute atomic E-state index is 0.411. The maximum atomic E-state index is 11.5. The summed E-state index contributed by atoms with van der Waals surface area (Å²) in [7, 11) is 0. The Labute approximate surface area is 135 Å². The molecule has 0 aromatic heterocycles. The fourth-order valence-corrected chi connectivity index (χ4v) is 2.03. The summed E-state index contributed by atoms with van der Waals surface area (Å²) in [4.78, 5) is 25.2. The van der Waals surface area contributed by atoms with E-state index >= 15 is 0 Å². The van der Waals surface area contributed by atoms with Crippen LogP contribution in [0.2, 0.25) is 0 Å². The first-order valence-corrected chi connectivity index (χ1v) is 7.41. The van der Waals surface area contributed by atoms with E-state index in [9.17, 15) is 9.59 Å². The average molecular weight is 310 g/mol. The standard InChI is InChI=1S/C18H18N2O3/c1-2-11-23-18(22)20-17-9-5-15(6-10-17)12-14-3-7-16(8-4-14)19-13-21/h3-10H,2,11-12H2,1H3,(H,20,22). The van der Waals surface area contributed by atoms with Crippen LogP contribution in [0.3, 0.4) is 0 Å². The molecule has 0 bridgehead atoms. The summed E-state index contributed by atoms with van der Waals surface area (Å²) in [6, 6.07) is 15.0. The van der Waals surface area contributed by atoms with Gasteiger partial charge in [-0.1, -0.05) is 31.2 Å². The van der Waals surface area contributed by atoms with Crippen LogP contribution in [0.4, 0.5) is 16.2 Å². The van der Waals surface area contributed by atoms with Gasteiger partial charge in [0.2, 0.25) is 6.08 Å². The van der Waals surface area contributed by atoms with Crippen LogP contribution in [0, 0.1) is 0 Å². The van der Waals surface area contributed by atoms with Gasteiger partial charge in [0.15, 0.2) is 0 Å². The molecule has 1 amide bonds. The molecule has 0 heterocycles. The van der Waals surface area contributed by atoms with Crippen molar-refractivity contribution in [3.63, 3.8) is 0 Å². The number of nitrogens with one attached hydrogen (secondary N) is 1. The molecule has 0 unspecified atom stereocenters. The average Bonchev–Trinajstić information content (AvgIpc) is 2.57. The smallest absolute Gasteiger partial charge is 0.411 e. The van der Waals surface area contributed by atoms with Crippen LogP contribution >= 0.6 is 0 Å². The zero-order valence-electron chi connectivity index (χ0n) is 12.9. The predicted molar refractivity (Wildman–Crippen MR) is 88.7 cm³/mol. The maximum Gasteiger partial charge on any atom is 0.411 e. The summed E-state index contributed by atoms with van der Waals surface area (Å²) < 4.78 is 4.97. The number of isocyanates is 1. The van der Waals surface area contributed by atoms with E-state index in [1.165, 1.54) is 6.08 Å². The lowest BCUT2D eigenvalue weighted by molar-refractivity contribution is 0.161. The van der Waals surface area contributed by atoms with E-state index in [0.717, 1.165) is 24.0 Å². The first-order valence-electron chi connectivity index (χ1n) is 7.41. The van der Waals surface area contributed by atoms with Crippen molar-refractivity contribution in [1.82, 2.24) is 0 Å². The lowest BCUT2D eigenvalue weighted by atomic mass is 10.0. The van der Waals surface area contributed by atoms with Gasteiger partial charge in [-0.25, -0.2) is 9.59 Å². The molecule has 2 aromatic carbocycles. The van der Waals surface area contributed by atoms with Crippen molar-refractivity contribution < 1.29 is 14.3 Å². The number of hydrogen-bond acceptors (Lipinski definition) is 4.